The summed E-state index contributed by atoms with van der Waals surface area (Å²) in [7, 11) is 0. The van der Waals surface area contributed by atoms with Crippen LogP contribution in [0.5, 0.6) is 0 Å². The normalized spacial score (nSPS) is 14.6. The molecule has 0 aliphatic carbocycles. The Morgan fingerprint density at radius 2 is 1.70 bits per heavy atom. The molecule has 7 heteroatoms. The average Bonchev–Trinajstić information content (AvgIpc) is 3.20. The van der Waals surface area contributed by atoms with E-state index in [1.807, 2.05) is 35.7 Å². The molecule has 0 unspecified atom stereocenters. The largest absolute Gasteiger partial charge is 0.341 e. The first kappa shape index (κ1) is 17.7. The number of hydrogen-bond donors (Lipinski definition) is 0. The predicted molar refractivity (Wildman–Crippen MR) is 106 cm³/mol. The Kier molecular flexibility index (Phi) is 4.94. The molecule has 0 atom stereocenters. The number of nitrogens with zero attached hydrogens (tertiary/aromatic N) is 3. The molecule has 1 fully saturated rings. The zero-order valence-corrected chi connectivity index (χ0v) is 15.8. The summed E-state index contributed by atoms with van der Waals surface area (Å²) in [6, 6.07) is 11.4. The van der Waals surface area contributed by atoms with E-state index in [1.165, 1.54) is 11.3 Å². The number of thiophene rings is 1. The summed E-state index contributed by atoms with van der Waals surface area (Å²) < 4.78 is 3.20. The molecule has 1 aliphatic heterocycles. The first-order valence-electron chi connectivity index (χ1n) is 9.17. The molecule has 1 aromatic carbocycles. The van der Waals surface area contributed by atoms with E-state index in [1.54, 1.807) is 15.5 Å². The van der Waals surface area contributed by atoms with Gasteiger partial charge in [0.25, 0.3) is 5.56 Å². The van der Waals surface area contributed by atoms with Gasteiger partial charge in [-0.15, -0.1) is 11.3 Å². The minimum Gasteiger partial charge on any atom is -0.341 e. The number of benzene rings is 1. The first-order chi connectivity index (χ1) is 13.1. The highest BCUT2D eigenvalue weighted by Gasteiger charge is 2.21. The highest BCUT2D eigenvalue weighted by molar-refractivity contribution is 7.17. The fourth-order valence-electron chi connectivity index (χ4n) is 3.57. The summed E-state index contributed by atoms with van der Waals surface area (Å²) in [4.78, 5) is 40.3. The number of aromatic nitrogens is 2. The molecule has 1 saturated heterocycles. The van der Waals surface area contributed by atoms with Crippen LogP contribution in [0.25, 0.3) is 10.2 Å². The van der Waals surface area contributed by atoms with E-state index in [9.17, 15) is 14.4 Å². The van der Waals surface area contributed by atoms with Crippen LogP contribution in [-0.4, -0.2) is 33.0 Å². The van der Waals surface area contributed by atoms with Crippen LogP contribution in [-0.2, 0) is 17.9 Å². The Hall–Kier alpha value is -2.67. The van der Waals surface area contributed by atoms with E-state index in [-0.39, 0.29) is 18.0 Å². The number of likely N-dealkylation sites (tertiary alicyclic amines) is 1. The zero-order valence-electron chi connectivity index (χ0n) is 15.0. The van der Waals surface area contributed by atoms with Crippen molar-refractivity contribution in [1.29, 1.82) is 0 Å². The van der Waals surface area contributed by atoms with E-state index in [0.29, 0.717) is 29.9 Å². The molecule has 6 nitrogen and oxygen atoms in total. The molecule has 3 heterocycles. The lowest BCUT2D eigenvalue weighted by atomic mass is 10.1. The molecule has 0 saturated carbocycles. The van der Waals surface area contributed by atoms with Crippen LogP contribution >= 0.6 is 11.3 Å². The summed E-state index contributed by atoms with van der Waals surface area (Å²) in [6.45, 7) is 1.57. The van der Waals surface area contributed by atoms with Crippen molar-refractivity contribution >= 4 is 27.5 Å². The number of rotatable bonds is 4. The van der Waals surface area contributed by atoms with Gasteiger partial charge in [0.05, 0.1) is 12.1 Å². The topological polar surface area (TPSA) is 64.3 Å². The maximum Gasteiger partial charge on any atom is 0.332 e. The summed E-state index contributed by atoms with van der Waals surface area (Å²) in [6.07, 6.45) is 3.07. The second-order valence-corrected chi connectivity index (χ2v) is 7.74. The second kappa shape index (κ2) is 7.52. The van der Waals surface area contributed by atoms with Crippen LogP contribution < -0.4 is 11.2 Å². The number of fused-ring (bicyclic) bond motifs is 1. The van der Waals surface area contributed by atoms with Crippen molar-refractivity contribution in [2.45, 2.75) is 32.4 Å². The van der Waals surface area contributed by atoms with Crippen molar-refractivity contribution < 1.29 is 4.79 Å². The Morgan fingerprint density at radius 1 is 0.963 bits per heavy atom. The molecule has 140 valence electrons. The Morgan fingerprint density at radius 3 is 2.44 bits per heavy atom. The molecular formula is C20H21N3O3S. The quantitative estimate of drug-likeness (QED) is 0.694. The number of hydrogen-bond acceptors (Lipinski definition) is 4. The lowest BCUT2D eigenvalue weighted by molar-refractivity contribution is -0.132. The van der Waals surface area contributed by atoms with Gasteiger partial charge in [-0.2, -0.15) is 0 Å². The molecule has 2 aromatic heterocycles. The fraction of sp³-hybridized carbons (Fsp3) is 0.350. The first-order valence-corrected chi connectivity index (χ1v) is 10.1. The average molecular weight is 383 g/mol. The Labute approximate surface area is 160 Å². The lowest BCUT2D eigenvalue weighted by Gasteiger charge is -2.26. The Bertz CT molecular complexity index is 1080. The molecule has 4 rings (SSSR count). The summed E-state index contributed by atoms with van der Waals surface area (Å²) in [5.41, 5.74) is 0.792. The molecule has 0 spiro atoms. The van der Waals surface area contributed by atoms with Crippen molar-refractivity contribution in [3.63, 3.8) is 0 Å². The fourth-order valence-corrected chi connectivity index (χ4v) is 4.41. The standard InChI is InChI=1S/C20H21N3O3S/c24-17(21-10-5-2-6-11-21)14-23-19(25)18-16(9-12-27-18)22(20(23)26)13-15-7-3-1-4-8-15/h1,3-4,7-9,12H,2,5-6,10-11,13-14H2. The van der Waals surface area contributed by atoms with E-state index in [2.05, 4.69) is 0 Å². The second-order valence-electron chi connectivity index (χ2n) is 6.82. The number of carbonyl (C=O) groups is 1. The van der Waals surface area contributed by atoms with Crippen LogP contribution in [0.4, 0.5) is 0 Å². The van der Waals surface area contributed by atoms with Crippen LogP contribution in [0.2, 0.25) is 0 Å². The smallest absolute Gasteiger partial charge is 0.332 e. The van der Waals surface area contributed by atoms with Gasteiger partial charge in [-0.05, 0) is 36.3 Å². The monoisotopic (exact) mass is 383 g/mol. The van der Waals surface area contributed by atoms with Crippen molar-refractivity contribution in [1.82, 2.24) is 14.0 Å². The van der Waals surface area contributed by atoms with Gasteiger partial charge in [-0.3, -0.25) is 14.2 Å². The molecule has 0 bridgehead atoms. The van der Waals surface area contributed by atoms with Crippen LogP contribution in [0.3, 0.4) is 0 Å². The molecule has 0 radical (unpaired) electrons. The highest BCUT2D eigenvalue weighted by Crippen LogP contribution is 2.16. The van der Waals surface area contributed by atoms with Gasteiger partial charge >= 0.3 is 5.69 Å². The van der Waals surface area contributed by atoms with Gasteiger partial charge in [0, 0.05) is 13.1 Å². The summed E-state index contributed by atoms with van der Waals surface area (Å²) in [5, 5.41) is 1.81. The maximum absolute atomic E-state index is 13.1. The SMILES string of the molecule is O=C(Cn1c(=O)c2sccc2n(Cc2ccccc2)c1=O)N1CCCCC1. The van der Waals surface area contributed by atoms with Gasteiger partial charge in [0.2, 0.25) is 5.91 Å². The summed E-state index contributed by atoms with van der Waals surface area (Å²) >= 11 is 1.31. The van der Waals surface area contributed by atoms with Crippen LogP contribution in [0.1, 0.15) is 24.8 Å². The molecule has 1 aliphatic rings. The number of carbonyl (C=O) groups excluding carboxylic acids is 1. The predicted octanol–water partition coefficient (Wildman–Crippen LogP) is 2.29. The molecule has 3 aromatic rings. The van der Waals surface area contributed by atoms with Crippen molar-refractivity contribution in [2.24, 2.45) is 0 Å². The van der Waals surface area contributed by atoms with Crippen LogP contribution in [0.15, 0.2) is 51.4 Å². The molecular weight excluding hydrogens is 362 g/mol. The molecule has 27 heavy (non-hydrogen) atoms. The van der Waals surface area contributed by atoms with Crippen molar-refractivity contribution in [2.75, 3.05) is 13.1 Å². The van der Waals surface area contributed by atoms with E-state index in [0.717, 1.165) is 29.4 Å². The minimum atomic E-state index is -0.430. The van der Waals surface area contributed by atoms with Gasteiger partial charge in [0.15, 0.2) is 0 Å². The van der Waals surface area contributed by atoms with E-state index >= 15 is 0 Å². The van der Waals surface area contributed by atoms with Gasteiger partial charge < -0.3 is 4.90 Å². The number of amides is 1. The number of piperidine rings is 1. The van der Waals surface area contributed by atoms with Gasteiger partial charge in [-0.25, -0.2) is 9.36 Å². The molecule has 0 N–H and O–H groups in total. The van der Waals surface area contributed by atoms with Crippen molar-refractivity contribution in [3.8, 4) is 0 Å². The van der Waals surface area contributed by atoms with E-state index < -0.39 is 5.69 Å². The molecule has 1 amide bonds. The third kappa shape index (κ3) is 3.47. The maximum atomic E-state index is 13.1. The van der Waals surface area contributed by atoms with Crippen molar-refractivity contribution in [3.05, 3.63) is 68.2 Å². The van der Waals surface area contributed by atoms with Gasteiger partial charge in [0.1, 0.15) is 11.2 Å². The van der Waals surface area contributed by atoms with Crippen LogP contribution in [0, 0.1) is 0 Å². The third-order valence-electron chi connectivity index (χ3n) is 5.02. The lowest BCUT2D eigenvalue weighted by Crippen LogP contribution is -2.45. The highest BCUT2D eigenvalue weighted by atomic mass is 32.1. The minimum absolute atomic E-state index is 0.156. The zero-order chi connectivity index (χ0) is 18.8. The summed E-state index contributed by atoms with van der Waals surface area (Å²) in [5.74, 6) is -0.156. The van der Waals surface area contributed by atoms with Gasteiger partial charge in [-0.1, -0.05) is 30.3 Å². The third-order valence-corrected chi connectivity index (χ3v) is 5.91. The van der Waals surface area contributed by atoms with E-state index in [4.69, 9.17) is 0 Å². The Balaban J connectivity index is 1.75.